The maximum Gasteiger partial charge on any atom is 0.320 e. The van der Waals surface area contributed by atoms with Crippen molar-refractivity contribution >= 4 is 39.2 Å². The number of halogens is 2. The topological polar surface area (TPSA) is 81.7 Å². The first-order valence-electron chi connectivity index (χ1n) is 7.65. The van der Waals surface area contributed by atoms with Crippen LogP contribution in [0, 0.1) is 6.92 Å². The van der Waals surface area contributed by atoms with Crippen LogP contribution in [0.25, 0.3) is 17.3 Å². The van der Waals surface area contributed by atoms with E-state index in [2.05, 4.69) is 41.8 Å². The largest absolute Gasteiger partial charge is 0.401 e. The van der Waals surface area contributed by atoms with E-state index >= 15 is 0 Å². The summed E-state index contributed by atoms with van der Waals surface area (Å²) in [6, 6.07) is 15.2. The molecule has 0 radical (unpaired) electrons. The molecule has 2 aromatic carbocycles. The molecule has 4 aromatic rings. The zero-order valence-electron chi connectivity index (χ0n) is 13.5. The van der Waals surface area contributed by atoms with Crippen LogP contribution in [-0.4, -0.2) is 25.2 Å². The fraction of sp³-hybridized carbons (Fsp3) is 0.0588. The molecule has 0 atom stereocenters. The van der Waals surface area contributed by atoms with Gasteiger partial charge in [0.15, 0.2) is 5.69 Å². The van der Waals surface area contributed by atoms with Crippen molar-refractivity contribution in [1.29, 1.82) is 0 Å². The second-order valence-electron chi connectivity index (χ2n) is 5.46. The van der Waals surface area contributed by atoms with Crippen molar-refractivity contribution in [2.75, 3.05) is 5.32 Å². The number of aromatic nitrogens is 5. The summed E-state index contributed by atoms with van der Waals surface area (Å²) in [6.07, 6.45) is 0. The van der Waals surface area contributed by atoms with E-state index in [9.17, 15) is 0 Å². The number of anilines is 2. The normalized spacial score (nSPS) is 10.9. The van der Waals surface area contributed by atoms with Gasteiger partial charge in [0.1, 0.15) is 0 Å². The first-order valence-corrected chi connectivity index (χ1v) is 8.82. The van der Waals surface area contributed by atoms with Crippen LogP contribution in [0.3, 0.4) is 0 Å². The summed E-state index contributed by atoms with van der Waals surface area (Å²) in [5.74, 6) is 0.294. The lowest BCUT2D eigenvalue weighted by molar-refractivity contribution is 0.584. The van der Waals surface area contributed by atoms with Crippen molar-refractivity contribution in [3.8, 4) is 17.3 Å². The minimum atomic E-state index is 0.280. The Morgan fingerprint density at radius 2 is 1.73 bits per heavy atom. The Morgan fingerprint density at radius 1 is 1.00 bits per heavy atom. The highest BCUT2D eigenvalue weighted by Crippen LogP contribution is 2.25. The summed E-state index contributed by atoms with van der Waals surface area (Å²) in [5, 5.41) is 20.1. The van der Waals surface area contributed by atoms with Crippen molar-refractivity contribution < 1.29 is 4.42 Å². The quantitative estimate of drug-likeness (QED) is 0.500. The molecule has 7 nitrogen and oxygen atoms in total. The van der Waals surface area contributed by atoms with Crippen molar-refractivity contribution in [3.05, 3.63) is 63.7 Å². The van der Waals surface area contributed by atoms with Gasteiger partial charge >= 0.3 is 6.01 Å². The van der Waals surface area contributed by atoms with Gasteiger partial charge in [0.25, 0.3) is 5.89 Å². The number of hydrogen-bond donors (Lipinski definition) is 1. The Labute approximate surface area is 162 Å². The van der Waals surface area contributed by atoms with E-state index in [1.807, 2.05) is 43.3 Å². The zero-order valence-corrected chi connectivity index (χ0v) is 15.9. The van der Waals surface area contributed by atoms with E-state index in [-0.39, 0.29) is 6.01 Å². The van der Waals surface area contributed by atoms with Gasteiger partial charge < -0.3 is 9.73 Å². The molecule has 0 aliphatic carbocycles. The number of benzene rings is 2. The molecular weight excluding hydrogens is 420 g/mol. The number of hydrogen-bond acceptors (Lipinski definition) is 6. The molecule has 0 saturated carbocycles. The van der Waals surface area contributed by atoms with Crippen LogP contribution in [-0.2, 0) is 0 Å². The second-order valence-corrected chi connectivity index (χ2v) is 6.81. The highest BCUT2D eigenvalue weighted by molar-refractivity contribution is 9.10. The predicted molar refractivity (Wildman–Crippen MR) is 102 cm³/mol. The molecule has 1 N–H and O–H groups in total. The summed E-state index contributed by atoms with van der Waals surface area (Å²) in [6.45, 7) is 1.88. The smallest absolute Gasteiger partial charge is 0.320 e. The summed E-state index contributed by atoms with van der Waals surface area (Å²) in [7, 11) is 0. The van der Waals surface area contributed by atoms with Crippen LogP contribution in [0.4, 0.5) is 11.7 Å². The molecule has 2 aromatic heterocycles. The molecule has 0 unspecified atom stereocenters. The average Bonchev–Trinajstić information content (AvgIpc) is 3.24. The molecule has 0 bridgehead atoms. The van der Waals surface area contributed by atoms with Gasteiger partial charge in [-0.25, -0.2) is 4.68 Å². The minimum Gasteiger partial charge on any atom is -0.401 e. The lowest BCUT2D eigenvalue weighted by Crippen LogP contribution is -1.98. The van der Waals surface area contributed by atoms with Gasteiger partial charge in [0.05, 0.1) is 11.4 Å². The first kappa shape index (κ1) is 16.7. The highest BCUT2D eigenvalue weighted by Gasteiger charge is 2.18. The standard InChI is InChI=1S/C17H12BrClN6O/c1-10-15(21-24-25(10)14-8-4-12(19)5-9-14)16-22-23-17(26-16)20-13-6-2-11(18)3-7-13/h2-9H,1H3,(H,20,23). The Bertz CT molecular complexity index is 1040. The van der Waals surface area contributed by atoms with Gasteiger partial charge in [-0.1, -0.05) is 37.8 Å². The van der Waals surface area contributed by atoms with E-state index in [1.54, 1.807) is 16.8 Å². The van der Waals surface area contributed by atoms with Crippen molar-refractivity contribution in [3.63, 3.8) is 0 Å². The predicted octanol–water partition coefficient (Wildman–Crippen LogP) is 4.79. The third-order valence-electron chi connectivity index (χ3n) is 3.69. The second kappa shape index (κ2) is 6.89. The van der Waals surface area contributed by atoms with Gasteiger partial charge in [-0.2, -0.15) is 0 Å². The molecule has 0 saturated heterocycles. The van der Waals surface area contributed by atoms with Crippen LogP contribution in [0.2, 0.25) is 5.02 Å². The molecule has 130 valence electrons. The van der Waals surface area contributed by atoms with Gasteiger partial charge in [-0.05, 0) is 55.5 Å². The monoisotopic (exact) mass is 430 g/mol. The zero-order chi connectivity index (χ0) is 18.1. The van der Waals surface area contributed by atoms with E-state index in [0.29, 0.717) is 16.6 Å². The minimum absolute atomic E-state index is 0.280. The lowest BCUT2D eigenvalue weighted by atomic mass is 10.3. The van der Waals surface area contributed by atoms with Gasteiger partial charge in [0.2, 0.25) is 0 Å². The molecule has 26 heavy (non-hydrogen) atoms. The fourth-order valence-electron chi connectivity index (χ4n) is 2.38. The average molecular weight is 432 g/mol. The van der Waals surface area contributed by atoms with E-state index < -0.39 is 0 Å². The van der Waals surface area contributed by atoms with E-state index in [1.165, 1.54) is 0 Å². The first-order chi connectivity index (χ1) is 12.6. The lowest BCUT2D eigenvalue weighted by Gasteiger charge is -2.02. The number of rotatable bonds is 4. The summed E-state index contributed by atoms with van der Waals surface area (Å²) >= 11 is 9.32. The molecule has 2 heterocycles. The highest BCUT2D eigenvalue weighted by atomic mass is 79.9. The molecule has 4 rings (SSSR count). The van der Waals surface area contributed by atoms with Gasteiger partial charge in [-0.3, -0.25) is 0 Å². The van der Waals surface area contributed by atoms with E-state index in [0.717, 1.165) is 21.5 Å². The molecule has 0 amide bonds. The molecular formula is C17H12BrClN6O. The Morgan fingerprint density at radius 3 is 2.46 bits per heavy atom. The Kier molecular flexibility index (Phi) is 4.44. The third kappa shape index (κ3) is 3.33. The molecule has 0 aliphatic rings. The maximum atomic E-state index is 5.93. The van der Waals surface area contributed by atoms with Crippen LogP contribution < -0.4 is 5.32 Å². The van der Waals surface area contributed by atoms with E-state index in [4.69, 9.17) is 16.0 Å². The Hall–Kier alpha value is -2.71. The number of nitrogens with zero attached hydrogens (tertiary/aromatic N) is 5. The van der Waals surface area contributed by atoms with Crippen molar-refractivity contribution in [2.45, 2.75) is 6.92 Å². The van der Waals surface area contributed by atoms with Crippen molar-refractivity contribution in [2.24, 2.45) is 0 Å². The maximum absolute atomic E-state index is 5.93. The van der Waals surface area contributed by atoms with Crippen LogP contribution >= 0.6 is 27.5 Å². The van der Waals surface area contributed by atoms with Crippen LogP contribution in [0.15, 0.2) is 57.4 Å². The van der Waals surface area contributed by atoms with Gasteiger partial charge in [-0.15, -0.1) is 10.2 Å². The molecule has 0 spiro atoms. The third-order valence-corrected chi connectivity index (χ3v) is 4.47. The van der Waals surface area contributed by atoms with Crippen LogP contribution in [0.1, 0.15) is 5.69 Å². The fourth-order valence-corrected chi connectivity index (χ4v) is 2.77. The molecule has 0 fully saturated rings. The summed E-state index contributed by atoms with van der Waals surface area (Å²) in [4.78, 5) is 0. The molecule has 0 aliphatic heterocycles. The van der Waals surface area contributed by atoms with Gasteiger partial charge in [0, 0.05) is 15.2 Å². The summed E-state index contributed by atoms with van der Waals surface area (Å²) in [5.41, 5.74) is 2.99. The molecule has 9 heteroatoms. The Balaban J connectivity index is 1.60. The SMILES string of the molecule is Cc1c(-c2nnc(Nc3ccc(Br)cc3)o2)nnn1-c1ccc(Cl)cc1. The summed E-state index contributed by atoms with van der Waals surface area (Å²) < 4.78 is 8.35. The van der Waals surface area contributed by atoms with Crippen LogP contribution in [0.5, 0.6) is 0 Å². The number of nitrogens with one attached hydrogen (secondary N) is 1. The van der Waals surface area contributed by atoms with Crippen molar-refractivity contribution in [1.82, 2.24) is 25.2 Å².